The number of rotatable bonds is 7. The van der Waals surface area contributed by atoms with Crippen molar-refractivity contribution in [3.05, 3.63) is 35.4 Å². The van der Waals surface area contributed by atoms with Gasteiger partial charge in [-0.05, 0) is 36.5 Å². The fourth-order valence-corrected chi connectivity index (χ4v) is 3.82. The third-order valence-corrected chi connectivity index (χ3v) is 5.16. The molecule has 8 nitrogen and oxygen atoms in total. The zero-order chi connectivity index (χ0) is 19.5. The maximum absolute atomic E-state index is 12.2. The Bertz CT molecular complexity index is 850. The Morgan fingerprint density at radius 3 is 2.96 bits per heavy atom. The minimum absolute atomic E-state index is 0.134. The van der Waals surface area contributed by atoms with Crippen molar-refractivity contribution in [2.45, 2.75) is 39.8 Å². The Labute approximate surface area is 164 Å². The third-order valence-electron chi connectivity index (χ3n) is 5.16. The van der Waals surface area contributed by atoms with E-state index in [0.29, 0.717) is 25.1 Å². The molecule has 3 heterocycles. The van der Waals surface area contributed by atoms with Gasteiger partial charge in [-0.3, -0.25) is 9.69 Å². The van der Waals surface area contributed by atoms with Crippen LogP contribution in [0.5, 0.6) is 11.5 Å². The average Bonchev–Trinajstić information content (AvgIpc) is 3.32. The molecule has 0 aliphatic carbocycles. The van der Waals surface area contributed by atoms with E-state index in [0.717, 1.165) is 56.3 Å². The second-order valence-corrected chi connectivity index (χ2v) is 7.58. The minimum Gasteiger partial charge on any atom is -0.454 e. The van der Waals surface area contributed by atoms with Crippen LogP contribution in [0.4, 0.5) is 0 Å². The second-order valence-electron chi connectivity index (χ2n) is 7.58. The molecule has 150 valence electrons. The molecular formula is C20H27N5O3. The monoisotopic (exact) mass is 385 g/mol. The van der Waals surface area contributed by atoms with Crippen LogP contribution in [0.15, 0.2) is 18.2 Å². The molecule has 28 heavy (non-hydrogen) atoms. The zero-order valence-corrected chi connectivity index (χ0v) is 16.5. The number of aromatic nitrogens is 3. The van der Waals surface area contributed by atoms with E-state index >= 15 is 0 Å². The number of benzene rings is 1. The van der Waals surface area contributed by atoms with E-state index in [9.17, 15) is 4.79 Å². The van der Waals surface area contributed by atoms with Crippen LogP contribution in [0, 0.1) is 5.92 Å². The fourth-order valence-electron chi connectivity index (χ4n) is 3.82. The average molecular weight is 385 g/mol. The number of amides is 1. The molecule has 8 heteroatoms. The molecule has 2 aliphatic heterocycles. The summed E-state index contributed by atoms with van der Waals surface area (Å²) in [7, 11) is 0. The van der Waals surface area contributed by atoms with E-state index in [4.69, 9.17) is 9.47 Å². The van der Waals surface area contributed by atoms with Crippen LogP contribution in [-0.2, 0) is 19.5 Å². The van der Waals surface area contributed by atoms with E-state index in [2.05, 4.69) is 39.5 Å². The Hall–Kier alpha value is -2.61. The normalized spacial score (nSPS) is 16.6. The molecule has 1 N–H and O–H groups in total. The molecule has 1 aromatic carbocycles. The summed E-state index contributed by atoms with van der Waals surface area (Å²) in [5.74, 6) is 3.31. The van der Waals surface area contributed by atoms with Crippen LogP contribution < -0.4 is 14.8 Å². The number of ether oxygens (including phenoxy) is 2. The maximum atomic E-state index is 12.2. The second kappa shape index (κ2) is 8.18. The molecule has 2 aliphatic rings. The van der Waals surface area contributed by atoms with Crippen LogP contribution in [-0.4, -0.2) is 52.0 Å². The molecule has 1 unspecified atom stereocenters. The van der Waals surface area contributed by atoms with Crippen molar-refractivity contribution in [1.82, 2.24) is 25.0 Å². The summed E-state index contributed by atoms with van der Waals surface area (Å²) >= 11 is 0. The summed E-state index contributed by atoms with van der Waals surface area (Å²) in [4.78, 5) is 14.6. The number of hydrogen-bond acceptors (Lipinski definition) is 6. The standard InChI is InChI=1S/C20H27N5O3/c1-3-6-21-20(26)19-23-22-18-12-24(7-8-25(18)19)11-14(2)9-15-4-5-16-17(10-15)28-13-27-16/h4-5,10,14H,3,6-9,11-13H2,1-2H3,(H,21,26). The number of fused-ring (bicyclic) bond motifs is 2. The molecule has 0 fully saturated rings. The van der Waals surface area contributed by atoms with E-state index in [1.54, 1.807) is 0 Å². The fraction of sp³-hybridized carbons (Fsp3) is 0.550. The molecule has 0 spiro atoms. The number of carbonyl (C=O) groups is 1. The number of nitrogens with zero attached hydrogens (tertiary/aromatic N) is 4. The van der Waals surface area contributed by atoms with E-state index in [1.807, 2.05) is 17.6 Å². The van der Waals surface area contributed by atoms with Crippen molar-refractivity contribution in [2.24, 2.45) is 5.92 Å². The number of carbonyl (C=O) groups excluding carboxylic acids is 1. The summed E-state index contributed by atoms with van der Waals surface area (Å²) < 4.78 is 12.8. The quantitative estimate of drug-likeness (QED) is 0.783. The predicted octanol–water partition coefficient (Wildman–Crippen LogP) is 1.84. The van der Waals surface area contributed by atoms with Gasteiger partial charge in [0, 0.05) is 26.2 Å². The highest BCUT2D eigenvalue weighted by atomic mass is 16.7. The highest BCUT2D eigenvalue weighted by molar-refractivity contribution is 5.90. The van der Waals surface area contributed by atoms with Gasteiger partial charge in [0.25, 0.3) is 5.91 Å². The lowest BCUT2D eigenvalue weighted by Crippen LogP contribution is -2.38. The highest BCUT2D eigenvalue weighted by Crippen LogP contribution is 2.33. The first kappa shape index (κ1) is 18.7. The topological polar surface area (TPSA) is 81.5 Å². The lowest BCUT2D eigenvalue weighted by Gasteiger charge is -2.29. The Morgan fingerprint density at radius 1 is 1.25 bits per heavy atom. The molecule has 0 saturated heterocycles. The van der Waals surface area contributed by atoms with Gasteiger partial charge in [-0.15, -0.1) is 10.2 Å². The van der Waals surface area contributed by atoms with Crippen LogP contribution in [0.3, 0.4) is 0 Å². The first-order valence-electron chi connectivity index (χ1n) is 9.95. The van der Waals surface area contributed by atoms with E-state index in [-0.39, 0.29) is 5.91 Å². The predicted molar refractivity (Wildman–Crippen MR) is 103 cm³/mol. The van der Waals surface area contributed by atoms with Crippen molar-refractivity contribution >= 4 is 5.91 Å². The van der Waals surface area contributed by atoms with Crippen molar-refractivity contribution < 1.29 is 14.3 Å². The van der Waals surface area contributed by atoms with Gasteiger partial charge in [0.2, 0.25) is 12.6 Å². The molecule has 1 aromatic heterocycles. The Balaban J connectivity index is 1.33. The first-order chi connectivity index (χ1) is 13.6. The summed E-state index contributed by atoms with van der Waals surface area (Å²) in [6.07, 6.45) is 1.88. The molecule has 2 aromatic rings. The Morgan fingerprint density at radius 2 is 2.11 bits per heavy atom. The van der Waals surface area contributed by atoms with Crippen molar-refractivity contribution in [3.8, 4) is 11.5 Å². The SMILES string of the molecule is CCCNC(=O)c1nnc2n1CCN(CC(C)Cc1ccc3c(c1)OCO3)C2. The van der Waals surface area contributed by atoms with Gasteiger partial charge >= 0.3 is 0 Å². The molecule has 0 bridgehead atoms. The largest absolute Gasteiger partial charge is 0.454 e. The minimum atomic E-state index is -0.134. The molecule has 1 atom stereocenters. The zero-order valence-electron chi connectivity index (χ0n) is 16.5. The van der Waals surface area contributed by atoms with Crippen LogP contribution in [0.25, 0.3) is 0 Å². The molecular weight excluding hydrogens is 358 g/mol. The van der Waals surface area contributed by atoms with Gasteiger partial charge in [-0.2, -0.15) is 0 Å². The van der Waals surface area contributed by atoms with E-state index < -0.39 is 0 Å². The maximum Gasteiger partial charge on any atom is 0.289 e. The summed E-state index contributed by atoms with van der Waals surface area (Å²) in [5, 5.41) is 11.2. The van der Waals surface area contributed by atoms with Crippen LogP contribution in [0.1, 0.15) is 42.3 Å². The molecule has 4 rings (SSSR count). The summed E-state index contributed by atoms with van der Waals surface area (Å²) in [6.45, 7) is 8.58. The molecule has 0 saturated carbocycles. The van der Waals surface area contributed by atoms with E-state index in [1.165, 1.54) is 5.56 Å². The van der Waals surface area contributed by atoms with Gasteiger partial charge in [0.1, 0.15) is 5.82 Å². The summed E-state index contributed by atoms with van der Waals surface area (Å²) in [6, 6.07) is 6.17. The number of nitrogens with one attached hydrogen (secondary N) is 1. The van der Waals surface area contributed by atoms with Crippen molar-refractivity contribution in [3.63, 3.8) is 0 Å². The van der Waals surface area contributed by atoms with Gasteiger partial charge in [-0.25, -0.2) is 0 Å². The lowest BCUT2D eigenvalue weighted by molar-refractivity contribution is 0.0933. The molecule has 1 amide bonds. The van der Waals surface area contributed by atoms with Gasteiger partial charge < -0.3 is 19.4 Å². The van der Waals surface area contributed by atoms with Gasteiger partial charge in [-0.1, -0.05) is 19.9 Å². The Kier molecular flexibility index (Phi) is 5.47. The third kappa shape index (κ3) is 3.96. The van der Waals surface area contributed by atoms with Crippen molar-refractivity contribution in [2.75, 3.05) is 26.4 Å². The van der Waals surface area contributed by atoms with Gasteiger partial charge in [0.05, 0.1) is 6.54 Å². The van der Waals surface area contributed by atoms with Gasteiger partial charge in [0.15, 0.2) is 11.5 Å². The van der Waals surface area contributed by atoms with Crippen LogP contribution >= 0.6 is 0 Å². The highest BCUT2D eigenvalue weighted by Gasteiger charge is 2.25. The summed E-state index contributed by atoms with van der Waals surface area (Å²) in [5.41, 5.74) is 1.26. The van der Waals surface area contributed by atoms with Crippen molar-refractivity contribution in [1.29, 1.82) is 0 Å². The number of hydrogen-bond donors (Lipinski definition) is 1. The molecule has 0 radical (unpaired) electrons. The first-order valence-corrected chi connectivity index (χ1v) is 9.95. The smallest absolute Gasteiger partial charge is 0.289 e. The lowest BCUT2D eigenvalue weighted by atomic mass is 10.00. The van der Waals surface area contributed by atoms with Crippen LogP contribution in [0.2, 0.25) is 0 Å².